The third-order valence-electron chi connectivity index (χ3n) is 15.0. The van der Waals surface area contributed by atoms with E-state index in [1.807, 2.05) is 194 Å². The molecule has 0 fully saturated rings. The van der Waals surface area contributed by atoms with Gasteiger partial charge < -0.3 is 22.8 Å². The average molecular weight is 1280 g/mol. The monoisotopic (exact) mass is 1280 g/mol. The van der Waals surface area contributed by atoms with E-state index >= 15 is 0 Å². The van der Waals surface area contributed by atoms with Crippen LogP contribution in [-0.4, -0.2) is 47.8 Å². The molecule has 510 valence electrons. The lowest BCUT2D eigenvalue weighted by Crippen LogP contribution is -1.90. The molecule has 0 unspecified atom stereocenters. The standard InChI is InChI=1S/5C13H12N2.10C2H6/c1-9-5-3-6-10-12-11(7-4-8-14-12)15(2)13(9)10;1-9-5-3-6-10-11-7-4-8-14-13(11)15(2)12(9)10;1-9-4-3-5-11-10-6-7-14-8-12(10)15(2)13(9)11;1-9-4-3-5-10-11-8-14-7-6-12(11)15(2)13(9)10;1-9-7-8-14-12-10-5-3-4-6-11(10)15(2)13(9)12;10*1-2/h5*3-8H,1-2H3;10*1-2H3. The molecule has 0 N–H and O–H groups in total. The van der Waals surface area contributed by atoms with Gasteiger partial charge in [-0.1, -0.05) is 229 Å². The van der Waals surface area contributed by atoms with E-state index in [2.05, 4.69) is 245 Å². The number of hydrogen-bond donors (Lipinski definition) is 0. The highest BCUT2D eigenvalue weighted by Gasteiger charge is 2.14. The summed E-state index contributed by atoms with van der Waals surface area (Å²) in [5.74, 6) is 0. The summed E-state index contributed by atoms with van der Waals surface area (Å²) in [6.45, 7) is 50.7. The minimum absolute atomic E-state index is 1.06. The zero-order valence-electron chi connectivity index (χ0n) is 64.3. The van der Waals surface area contributed by atoms with Crippen molar-refractivity contribution < 1.29 is 0 Å². The predicted octanol–water partition coefficient (Wildman–Crippen LogP) is 25.4. The normalized spacial score (nSPS) is 9.58. The Morgan fingerprint density at radius 2 is 0.579 bits per heavy atom. The van der Waals surface area contributed by atoms with E-state index in [4.69, 9.17) is 0 Å². The number of hydrogen-bond acceptors (Lipinski definition) is 5. The van der Waals surface area contributed by atoms with Gasteiger partial charge in [-0.2, -0.15) is 0 Å². The first-order valence-corrected chi connectivity index (χ1v) is 35.4. The molecule has 0 spiro atoms. The second kappa shape index (κ2) is 44.4. The van der Waals surface area contributed by atoms with E-state index in [0.717, 1.165) is 16.7 Å². The van der Waals surface area contributed by atoms with E-state index in [1.54, 1.807) is 0 Å². The molecule has 10 heteroatoms. The van der Waals surface area contributed by atoms with E-state index in [9.17, 15) is 0 Å². The fraction of sp³-hybridized carbons (Fsp3) is 0.353. The number of fused-ring (bicyclic) bond motifs is 15. The first-order valence-electron chi connectivity index (χ1n) is 35.4. The van der Waals surface area contributed by atoms with E-state index in [-0.39, 0.29) is 0 Å². The van der Waals surface area contributed by atoms with Crippen LogP contribution in [0.4, 0.5) is 0 Å². The third-order valence-corrected chi connectivity index (χ3v) is 15.0. The Kier molecular flexibility index (Phi) is 39.2. The Morgan fingerprint density at radius 3 is 1.14 bits per heavy atom. The lowest BCUT2D eigenvalue weighted by atomic mass is 10.1. The molecule has 0 radical (unpaired) electrons. The van der Waals surface area contributed by atoms with Crippen molar-refractivity contribution in [3.8, 4) is 0 Å². The van der Waals surface area contributed by atoms with Crippen LogP contribution in [-0.2, 0) is 35.2 Å². The molecule has 15 rings (SSSR count). The summed E-state index contributed by atoms with van der Waals surface area (Å²) in [7, 11) is 10.5. The van der Waals surface area contributed by atoms with Crippen molar-refractivity contribution in [1.29, 1.82) is 0 Å². The topological polar surface area (TPSA) is 89.1 Å². The van der Waals surface area contributed by atoms with Gasteiger partial charge in [0.25, 0.3) is 0 Å². The molecule has 0 aliphatic carbocycles. The van der Waals surface area contributed by atoms with Gasteiger partial charge in [0.1, 0.15) is 5.65 Å². The van der Waals surface area contributed by atoms with Crippen LogP contribution < -0.4 is 0 Å². The summed E-state index contributed by atoms with van der Waals surface area (Å²) in [5, 5.41) is 10.1. The smallest absolute Gasteiger partial charge is 0.140 e. The highest BCUT2D eigenvalue weighted by Crippen LogP contribution is 2.33. The van der Waals surface area contributed by atoms with Crippen molar-refractivity contribution in [2.45, 2.75) is 173 Å². The van der Waals surface area contributed by atoms with Crippen LogP contribution in [0.25, 0.3) is 109 Å². The summed E-state index contributed by atoms with van der Waals surface area (Å²) < 4.78 is 11.1. The molecule has 10 aromatic heterocycles. The highest BCUT2D eigenvalue weighted by atomic mass is 15.0. The molecule has 0 aliphatic heterocycles. The predicted molar refractivity (Wildman–Crippen MR) is 428 cm³/mol. The van der Waals surface area contributed by atoms with Gasteiger partial charge in [0.2, 0.25) is 0 Å². The van der Waals surface area contributed by atoms with Gasteiger partial charge in [-0.05, 0) is 111 Å². The van der Waals surface area contributed by atoms with Crippen molar-refractivity contribution >= 4 is 109 Å². The van der Waals surface area contributed by atoms with Gasteiger partial charge in [0.15, 0.2) is 0 Å². The van der Waals surface area contributed by atoms with Crippen molar-refractivity contribution in [1.82, 2.24) is 47.8 Å². The average Bonchev–Trinajstić information content (AvgIpc) is 1.67. The number of pyridine rings is 5. The molecule has 10 nitrogen and oxygen atoms in total. The van der Waals surface area contributed by atoms with Crippen LogP contribution in [0.5, 0.6) is 0 Å². The molecule has 95 heavy (non-hydrogen) atoms. The van der Waals surface area contributed by atoms with Crippen LogP contribution in [0, 0.1) is 34.6 Å². The Morgan fingerprint density at radius 1 is 0.221 bits per heavy atom. The van der Waals surface area contributed by atoms with Crippen LogP contribution in [0.1, 0.15) is 166 Å². The van der Waals surface area contributed by atoms with Crippen LogP contribution in [0.3, 0.4) is 0 Å². The van der Waals surface area contributed by atoms with Gasteiger partial charge in [-0.25, -0.2) is 4.98 Å². The molecule has 0 bridgehead atoms. The number of aryl methyl sites for hydroxylation is 10. The van der Waals surface area contributed by atoms with E-state index in [1.165, 1.54) is 121 Å². The third kappa shape index (κ3) is 18.8. The van der Waals surface area contributed by atoms with Gasteiger partial charge in [0.05, 0.1) is 66.9 Å². The number of aromatic nitrogens is 10. The maximum absolute atomic E-state index is 4.47. The highest BCUT2D eigenvalue weighted by molar-refractivity contribution is 6.11. The summed E-state index contributed by atoms with van der Waals surface area (Å²) >= 11 is 0. The minimum atomic E-state index is 1.06. The first kappa shape index (κ1) is 83.9. The molecule has 15 aromatic rings. The Hall–Kier alpha value is -9.15. The molecule has 0 saturated carbocycles. The molecule has 0 aliphatic rings. The first-order chi connectivity index (χ1) is 46.4. The fourth-order valence-electron chi connectivity index (χ4n) is 11.5. The summed E-state index contributed by atoms with van der Waals surface area (Å²) in [5.41, 5.74) is 21.1. The molecular formula is C85H120N10. The maximum atomic E-state index is 4.47. The minimum Gasteiger partial charge on any atom is -0.343 e. The lowest BCUT2D eigenvalue weighted by Gasteiger charge is -2.00. The Bertz CT molecular complexity index is 3940. The molecule has 0 atom stereocenters. The lowest BCUT2D eigenvalue weighted by molar-refractivity contribution is 0.984. The van der Waals surface area contributed by atoms with Crippen LogP contribution >= 0.6 is 0 Å². The van der Waals surface area contributed by atoms with Crippen molar-refractivity contribution in [2.75, 3.05) is 0 Å². The number of para-hydroxylation sites is 5. The Balaban J connectivity index is 0.000000556. The molecular weight excluding hydrogens is 1160 g/mol. The van der Waals surface area contributed by atoms with Crippen LogP contribution in [0.15, 0.2) is 183 Å². The molecule has 0 saturated heterocycles. The van der Waals surface area contributed by atoms with Gasteiger partial charge in [0, 0.05) is 116 Å². The van der Waals surface area contributed by atoms with Gasteiger partial charge in [-0.3, -0.25) is 19.9 Å². The Labute approximate surface area is 573 Å². The van der Waals surface area contributed by atoms with Gasteiger partial charge >= 0.3 is 0 Å². The zero-order valence-corrected chi connectivity index (χ0v) is 64.3. The maximum Gasteiger partial charge on any atom is 0.140 e. The number of nitrogens with zero attached hydrogens (tertiary/aromatic N) is 10. The molecule has 5 aromatic carbocycles. The quantitative estimate of drug-likeness (QED) is 0.151. The fourth-order valence-corrected chi connectivity index (χ4v) is 11.5. The molecule has 10 heterocycles. The SMILES string of the molecule is CC.CC.CC.CC.CC.CC.CC.CC.CC.CC.Cc1cccc2c3cccnc3n(C)c12.Cc1cccc2c3ccncc3n(C)c12.Cc1cccc2c3cnccc3n(C)c12.Cc1cccc2c3ncccc3n(C)c12.Cc1ccnc2c3ccccc3n(C)c12. The van der Waals surface area contributed by atoms with Crippen molar-refractivity contribution in [3.05, 3.63) is 211 Å². The second-order valence-electron chi connectivity index (χ2n) is 19.6. The van der Waals surface area contributed by atoms with E-state index < -0.39 is 0 Å². The molecule has 0 amide bonds. The largest absolute Gasteiger partial charge is 0.343 e. The van der Waals surface area contributed by atoms with Gasteiger partial charge in [-0.15, -0.1) is 0 Å². The van der Waals surface area contributed by atoms with Crippen molar-refractivity contribution in [3.63, 3.8) is 0 Å². The van der Waals surface area contributed by atoms with Crippen molar-refractivity contribution in [2.24, 2.45) is 35.2 Å². The van der Waals surface area contributed by atoms with Crippen LogP contribution in [0.2, 0.25) is 0 Å². The number of benzene rings is 5. The summed E-state index contributed by atoms with van der Waals surface area (Å²) in [6, 6.07) is 48.4. The number of rotatable bonds is 0. The van der Waals surface area contributed by atoms with E-state index in [0.29, 0.717) is 0 Å². The second-order valence-corrected chi connectivity index (χ2v) is 19.6. The summed E-state index contributed by atoms with van der Waals surface area (Å²) in [6.07, 6.45) is 13.1. The zero-order chi connectivity index (χ0) is 72.1. The summed E-state index contributed by atoms with van der Waals surface area (Å²) in [4.78, 5) is 21.7.